The molecule has 0 saturated heterocycles. The molecule has 4 nitrogen and oxygen atoms in total. The van der Waals surface area contributed by atoms with Crippen LogP contribution in [0.2, 0.25) is 5.15 Å². The summed E-state index contributed by atoms with van der Waals surface area (Å²) in [6.07, 6.45) is 5.39. The topological polar surface area (TPSA) is 54.9 Å². The summed E-state index contributed by atoms with van der Waals surface area (Å²) in [6, 6.07) is 0. The van der Waals surface area contributed by atoms with Crippen LogP contribution >= 0.6 is 11.6 Å². The predicted molar refractivity (Wildman–Crippen MR) is 62.9 cm³/mol. The van der Waals surface area contributed by atoms with E-state index in [0.717, 1.165) is 23.8 Å². The van der Waals surface area contributed by atoms with Gasteiger partial charge >= 0.3 is 5.69 Å². The van der Waals surface area contributed by atoms with Crippen LogP contribution in [0.25, 0.3) is 0 Å². The molecular formula is C11H14ClFN2O2. The van der Waals surface area contributed by atoms with Crippen LogP contribution in [0, 0.1) is 11.7 Å². The summed E-state index contributed by atoms with van der Waals surface area (Å²) in [7, 11) is 0. The lowest BCUT2D eigenvalue weighted by atomic mass is 10.0. The summed E-state index contributed by atoms with van der Waals surface area (Å²) < 4.78 is 14.1. The molecule has 1 fully saturated rings. The number of nitrogens with one attached hydrogen (secondary N) is 1. The van der Waals surface area contributed by atoms with Gasteiger partial charge in [-0.2, -0.15) is 4.39 Å². The maximum Gasteiger partial charge on any atom is 0.329 e. The van der Waals surface area contributed by atoms with Crippen LogP contribution in [0.4, 0.5) is 4.39 Å². The molecule has 1 aliphatic rings. The van der Waals surface area contributed by atoms with Crippen molar-refractivity contribution in [2.75, 3.05) is 0 Å². The Morgan fingerprint density at radius 2 is 2.00 bits per heavy atom. The summed E-state index contributed by atoms with van der Waals surface area (Å²) in [5.41, 5.74) is -1.57. The number of aromatic amines is 1. The van der Waals surface area contributed by atoms with Crippen LogP contribution in [0.15, 0.2) is 9.59 Å². The summed E-state index contributed by atoms with van der Waals surface area (Å²) in [4.78, 5) is 25.1. The highest BCUT2D eigenvalue weighted by Crippen LogP contribution is 2.27. The van der Waals surface area contributed by atoms with Gasteiger partial charge < -0.3 is 0 Å². The quantitative estimate of drug-likeness (QED) is 0.844. The maximum atomic E-state index is 13.2. The molecule has 1 aliphatic carbocycles. The first-order valence-corrected chi connectivity index (χ1v) is 6.15. The molecule has 1 aromatic heterocycles. The summed E-state index contributed by atoms with van der Waals surface area (Å²) in [5.74, 6) is -0.544. The zero-order valence-corrected chi connectivity index (χ0v) is 10.1. The van der Waals surface area contributed by atoms with Crippen molar-refractivity contribution in [3.8, 4) is 0 Å². The molecule has 0 spiro atoms. The van der Waals surface area contributed by atoms with Gasteiger partial charge in [0.05, 0.1) is 0 Å². The van der Waals surface area contributed by atoms with E-state index in [1.165, 1.54) is 12.8 Å². The van der Waals surface area contributed by atoms with Crippen LogP contribution in [0.1, 0.15) is 32.1 Å². The molecule has 2 rings (SSSR count). The fraction of sp³-hybridized carbons (Fsp3) is 0.636. The van der Waals surface area contributed by atoms with Crippen molar-refractivity contribution in [2.24, 2.45) is 5.92 Å². The van der Waals surface area contributed by atoms with Crippen molar-refractivity contribution < 1.29 is 4.39 Å². The first-order valence-electron chi connectivity index (χ1n) is 5.77. The van der Waals surface area contributed by atoms with Gasteiger partial charge in [0, 0.05) is 6.54 Å². The third kappa shape index (κ3) is 2.60. The molecule has 1 heterocycles. The average Bonchev–Trinajstić information content (AvgIpc) is 2.79. The largest absolute Gasteiger partial charge is 0.329 e. The van der Waals surface area contributed by atoms with E-state index >= 15 is 0 Å². The van der Waals surface area contributed by atoms with Crippen LogP contribution in [0.5, 0.6) is 0 Å². The molecule has 17 heavy (non-hydrogen) atoms. The maximum absolute atomic E-state index is 13.2. The number of halogens is 2. The van der Waals surface area contributed by atoms with E-state index in [0.29, 0.717) is 5.92 Å². The fourth-order valence-corrected chi connectivity index (χ4v) is 2.50. The van der Waals surface area contributed by atoms with E-state index < -0.39 is 22.2 Å². The molecule has 0 aromatic carbocycles. The number of aromatic nitrogens is 2. The van der Waals surface area contributed by atoms with Gasteiger partial charge in [-0.25, -0.2) is 4.79 Å². The van der Waals surface area contributed by atoms with Crippen molar-refractivity contribution in [3.63, 3.8) is 0 Å². The highest BCUT2D eigenvalue weighted by Gasteiger charge is 2.17. The molecule has 1 N–H and O–H groups in total. The normalized spacial score (nSPS) is 16.6. The van der Waals surface area contributed by atoms with E-state index in [1.807, 2.05) is 0 Å². The van der Waals surface area contributed by atoms with Gasteiger partial charge in [-0.1, -0.05) is 37.3 Å². The average molecular weight is 261 g/mol. The molecule has 94 valence electrons. The summed E-state index contributed by atoms with van der Waals surface area (Å²) >= 11 is 5.37. The first kappa shape index (κ1) is 12.4. The minimum Gasteiger partial charge on any atom is -0.295 e. The Kier molecular flexibility index (Phi) is 3.66. The standard InChI is InChI=1S/C11H14ClFN2O2/c12-9-8(13)10(16)15(11(17)14-9)6-5-7-3-1-2-4-7/h7H,1-6H2,(H,14,17). The van der Waals surface area contributed by atoms with Gasteiger partial charge in [0.1, 0.15) is 0 Å². The Hall–Kier alpha value is -1.10. The molecular weight excluding hydrogens is 247 g/mol. The van der Waals surface area contributed by atoms with Crippen molar-refractivity contribution in [3.05, 3.63) is 31.8 Å². The second-order valence-corrected chi connectivity index (χ2v) is 4.83. The van der Waals surface area contributed by atoms with Gasteiger partial charge in [0.25, 0.3) is 5.56 Å². The lowest BCUT2D eigenvalue weighted by Gasteiger charge is -2.09. The molecule has 0 atom stereocenters. The molecule has 0 bridgehead atoms. The molecule has 0 aliphatic heterocycles. The molecule has 1 aromatic rings. The predicted octanol–water partition coefficient (Wildman–Crippen LogP) is 1.91. The van der Waals surface area contributed by atoms with Crippen LogP contribution < -0.4 is 11.2 Å². The van der Waals surface area contributed by atoms with E-state index in [9.17, 15) is 14.0 Å². The lowest BCUT2D eigenvalue weighted by molar-refractivity contribution is 0.434. The smallest absolute Gasteiger partial charge is 0.295 e. The third-order valence-corrected chi connectivity index (χ3v) is 3.58. The summed E-state index contributed by atoms with van der Waals surface area (Å²) in [6.45, 7) is 0.257. The van der Waals surface area contributed by atoms with Gasteiger partial charge in [-0.3, -0.25) is 14.3 Å². The van der Waals surface area contributed by atoms with Crippen molar-refractivity contribution in [1.29, 1.82) is 0 Å². The van der Waals surface area contributed by atoms with Gasteiger partial charge in [0.2, 0.25) is 5.82 Å². The number of H-pyrrole nitrogens is 1. The minimum absolute atomic E-state index is 0.257. The minimum atomic E-state index is -1.09. The summed E-state index contributed by atoms with van der Waals surface area (Å²) in [5, 5.41) is -0.517. The first-order chi connectivity index (χ1) is 8.09. The number of hydrogen-bond acceptors (Lipinski definition) is 2. The SMILES string of the molecule is O=c1[nH]c(Cl)c(F)c(=O)n1CCC1CCCC1. The molecule has 0 unspecified atom stereocenters. The monoisotopic (exact) mass is 260 g/mol. The highest BCUT2D eigenvalue weighted by molar-refractivity contribution is 6.29. The Labute approximate surface area is 102 Å². The Morgan fingerprint density at radius 1 is 1.35 bits per heavy atom. The van der Waals surface area contributed by atoms with Crippen molar-refractivity contribution >= 4 is 11.6 Å². The van der Waals surface area contributed by atoms with E-state index in [-0.39, 0.29) is 6.54 Å². The molecule has 6 heteroatoms. The van der Waals surface area contributed by atoms with E-state index in [2.05, 4.69) is 4.98 Å². The number of nitrogens with zero attached hydrogens (tertiary/aromatic N) is 1. The Morgan fingerprint density at radius 3 is 2.65 bits per heavy atom. The molecule has 0 amide bonds. The zero-order chi connectivity index (χ0) is 12.4. The third-order valence-electron chi connectivity index (χ3n) is 3.32. The lowest BCUT2D eigenvalue weighted by Crippen LogP contribution is -2.37. The zero-order valence-electron chi connectivity index (χ0n) is 9.34. The molecule has 1 saturated carbocycles. The number of hydrogen-bond donors (Lipinski definition) is 1. The fourth-order valence-electron chi connectivity index (χ4n) is 2.33. The second-order valence-electron chi connectivity index (χ2n) is 4.45. The second kappa shape index (κ2) is 5.04. The Bertz CT molecular complexity index is 517. The van der Waals surface area contributed by atoms with Crippen LogP contribution in [-0.4, -0.2) is 9.55 Å². The van der Waals surface area contributed by atoms with Gasteiger partial charge in [-0.15, -0.1) is 0 Å². The van der Waals surface area contributed by atoms with Crippen LogP contribution in [0.3, 0.4) is 0 Å². The van der Waals surface area contributed by atoms with Crippen molar-refractivity contribution in [1.82, 2.24) is 9.55 Å². The van der Waals surface area contributed by atoms with Crippen molar-refractivity contribution in [2.45, 2.75) is 38.6 Å². The van der Waals surface area contributed by atoms with Crippen LogP contribution in [-0.2, 0) is 6.54 Å². The van der Waals surface area contributed by atoms with Gasteiger partial charge in [-0.05, 0) is 12.3 Å². The van der Waals surface area contributed by atoms with E-state index in [4.69, 9.17) is 11.6 Å². The molecule has 0 radical (unpaired) electrons. The van der Waals surface area contributed by atoms with E-state index in [1.54, 1.807) is 0 Å². The van der Waals surface area contributed by atoms with Gasteiger partial charge in [0.15, 0.2) is 5.15 Å². The Balaban J connectivity index is 2.18. The number of rotatable bonds is 3. The highest BCUT2D eigenvalue weighted by atomic mass is 35.5.